The lowest BCUT2D eigenvalue weighted by Crippen LogP contribution is -2.25. The van der Waals surface area contributed by atoms with Gasteiger partial charge in [-0.2, -0.15) is 0 Å². The smallest absolute Gasteiger partial charge is 0.407 e. The summed E-state index contributed by atoms with van der Waals surface area (Å²) in [5.74, 6) is 3.35. The third kappa shape index (κ3) is 10.2. The van der Waals surface area contributed by atoms with E-state index in [9.17, 15) is 4.79 Å². The Bertz CT molecular complexity index is 299. The van der Waals surface area contributed by atoms with E-state index in [0.717, 1.165) is 12.3 Å². The van der Waals surface area contributed by atoms with Crippen LogP contribution in [0.3, 0.4) is 0 Å². The Morgan fingerprint density at radius 1 is 1.10 bits per heavy atom. The molecule has 21 heavy (non-hydrogen) atoms. The number of terminal acetylenes is 1. The van der Waals surface area contributed by atoms with E-state index < -0.39 is 0 Å². The van der Waals surface area contributed by atoms with Gasteiger partial charge in [-0.3, -0.25) is 0 Å². The van der Waals surface area contributed by atoms with E-state index in [1.807, 2.05) is 0 Å². The van der Waals surface area contributed by atoms with Crippen LogP contribution in [0.4, 0.5) is 4.79 Å². The van der Waals surface area contributed by atoms with Crippen LogP contribution in [0.25, 0.3) is 0 Å². The summed E-state index contributed by atoms with van der Waals surface area (Å²) in [6, 6.07) is 0. The number of carbonyl (C=O) groups excluding carboxylic acids is 1. The average molecular weight is 293 g/mol. The lowest BCUT2D eigenvalue weighted by atomic mass is 9.92. The predicted octanol–water partition coefficient (Wildman–Crippen LogP) is 4.66. The van der Waals surface area contributed by atoms with E-state index in [0.29, 0.717) is 19.6 Å². The molecular weight excluding hydrogens is 262 g/mol. The summed E-state index contributed by atoms with van der Waals surface area (Å²) in [6.45, 7) is 1.02. The molecule has 1 rings (SSSR count). The summed E-state index contributed by atoms with van der Waals surface area (Å²) < 4.78 is 4.93. The standard InChI is InChI=1S/C18H31NO2/c1-2-3-16-21-18(20)19-15-11-10-14-17-12-8-6-4-5-7-9-13-17/h1,17H,3-16H2,(H,19,20). The zero-order valence-corrected chi connectivity index (χ0v) is 13.4. The number of ether oxygens (including phenoxy) is 1. The summed E-state index contributed by atoms with van der Waals surface area (Å²) in [6.07, 6.45) is 20.1. The molecule has 0 aromatic carbocycles. The van der Waals surface area contributed by atoms with Gasteiger partial charge in [0.05, 0.1) is 0 Å². The van der Waals surface area contributed by atoms with Crippen molar-refractivity contribution in [1.82, 2.24) is 5.32 Å². The molecular formula is C18H31NO2. The molecule has 0 unspecified atom stereocenters. The minimum absolute atomic E-state index is 0.310. The summed E-state index contributed by atoms with van der Waals surface area (Å²) in [5, 5.41) is 2.78. The summed E-state index contributed by atoms with van der Waals surface area (Å²) in [7, 11) is 0. The highest BCUT2D eigenvalue weighted by Crippen LogP contribution is 2.25. The molecule has 1 aliphatic rings. The molecule has 1 amide bonds. The quantitative estimate of drug-likeness (QED) is 0.548. The third-order valence-electron chi connectivity index (χ3n) is 4.26. The maximum Gasteiger partial charge on any atom is 0.407 e. The van der Waals surface area contributed by atoms with E-state index in [1.54, 1.807) is 0 Å². The van der Waals surface area contributed by atoms with Gasteiger partial charge in [-0.05, 0) is 12.3 Å². The first kappa shape index (κ1) is 17.9. The second-order valence-corrected chi connectivity index (χ2v) is 6.08. The van der Waals surface area contributed by atoms with Crippen molar-refractivity contribution in [1.29, 1.82) is 0 Å². The summed E-state index contributed by atoms with van der Waals surface area (Å²) in [5.41, 5.74) is 0. The van der Waals surface area contributed by atoms with E-state index in [1.165, 1.54) is 64.2 Å². The Morgan fingerprint density at radius 2 is 1.76 bits per heavy atom. The van der Waals surface area contributed by atoms with Gasteiger partial charge >= 0.3 is 6.09 Å². The molecule has 1 saturated carbocycles. The van der Waals surface area contributed by atoms with Crippen LogP contribution in [0.2, 0.25) is 0 Å². The molecule has 0 bridgehead atoms. The van der Waals surface area contributed by atoms with Gasteiger partial charge in [0.2, 0.25) is 0 Å². The second kappa shape index (κ2) is 12.6. The van der Waals surface area contributed by atoms with Crippen LogP contribution in [0.5, 0.6) is 0 Å². The van der Waals surface area contributed by atoms with Gasteiger partial charge in [-0.1, -0.05) is 64.2 Å². The predicted molar refractivity (Wildman–Crippen MR) is 87.1 cm³/mol. The number of amides is 1. The topological polar surface area (TPSA) is 38.3 Å². The van der Waals surface area contributed by atoms with Crippen LogP contribution in [0.1, 0.15) is 77.0 Å². The summed E-state index contributed by atoms with van der Waals surface area (Å²) >= 11 is 0. The highest BCUT2D eigenvalue weighted by molar-refractivity contribution is 5.66. The molecule has 0 atom stereocenters. The van der Waals surface area contributed by atoms with E-state index in [2.05, 4.69) is 11.2 Å². The fourth-order valence-electron chi connectivity index (χ4n) is 3.01. The number of rotatable bonds is 7. The first-order valence-corrected chi connectivity index (χ1v) is 8.67. The van der Waals surface area contributed by atoms with Crippen LogP contribution in [0, 0.1) is 18.3 Å². The number of nitrogens with one attached hydrogen (secondary N) is 1. The van der Waals surface area contributed by atoms with Gasteiger partial charge in [0.15, 0.2) is 0 Å². The monoisotopic (exact) mass is 293 g/mol. The third-order valence-corrected chi connectivity index (χ3v) is 4.26. The minimum Gasteiger partial charge on any atom is -0.449 e. The lowest BCUT2D eigenvalue weighted by molar-refractivity contribution is 0.148. The number of alkyl carbamates (subject to hydrolysis) is 1. The van der Waals surface area contributed by atoms with Crippen molar-refractivity contribution in [2.45, 2.75) is 77.0 Å². The van der Waals surface area contributed by atoms with Crippen molar-refractivity contribution in [3.63, 3.8) is 0 Å². The number of hydrogen-bond donors (Lipinski definition) is 1. The molecule has 3 nitrogen and oxygen atoms in total. The zero-order chi connectivity index (χ0) is 15.2. The first-order valence-electron chi connectivity index (χ1n) is 8.67. The molecule has 120 valence electrons. The molecule has 0 saturated heterocycles. The Hall–Kier alpha value is -1.17. The van der Waals surface area contributed by atoms with Crippen molar-refractivity contribution in [3.05, 3.63) is 0 Å². The maximum atomic E-state index is 11.3. The lowest BCUT2D eigenvalue weighted by Gasteiger charge is -2.15. The van der Waals surface area contributed by atoms with Crippen molar-refractivity contribution in [3.8, 4) is 12.3 Å². The highest BCUT2D eigenvalue weighted by atomic mass is 16.5. The Balaban J connectivity index is 1.99. The van der Waals surface area contributed by atoms with Crippen LogP contribution in [-0.4, -0.2) is 19.2 Å². The largest absolute Gasteiger partial charge is 0.449 e. The van der Waals surface area contributed by atoms with Crippen molar-refractivity contribution in [2.75, 3.05) is 13.2 Å². The van der Waals surface area contributed by atoms with Gasteiger partial charge in [-0.15, -0.1) is 12.3 Å². The average Bonchev–Trinajstić information content (AvgIpc) is 2.61. The van der Waals surface area contributed by atoms with Crippen LogP contribution < -0.4 is 5.32 Å². The SMILES string of the molecule is C#CCCOC(=O)NCCCCC1CCCCCCCC1. The molecule has 0 spiro atoms. The van der Waals surface area contributed by atoms with Crippen molar-refractivity contribution < 1.29 is 9.53 Å². The molecule has 0 aromatic heterocycles. The second-order valence-electron chi connectivity index (χ2n) is 6.08. The van der Waals surface area contributed by atoms with Gasteiger partial charge in [0, 0.05) is 13.0 Å². The van der Waals surface area contributed by atoms with Gasteiger partial charge < -0.3 is 10.1 Å². The van der Waals surface area contributed by atoms with E-state index in [-0.39, 0.29) is 6.09 Å². The van der Waals surface area contributed by atoms with E-state index in [4.69, 9.17) is 11.2 Å². The van der Waals surface area contributed by atoms with Gasteiger partial charge in [-0.25, -0.2) is 4.79 Å². The molecule has 0 radical (unpaired) electrons. The molecule has 0 aromatic rings. The molecule has 0 heterocycles. The fourth-order valence-corrected chi connectivity index (χ4v) is 3.01. The molecule has 3 heteroatoms. The van der Waals surface area contributed by atoms with E-state index >= 15 is 0 Å². The van der Waals surface area contributed by atoms with Crippen molar-refractivity contribution >= 4 is 6.09 Å². The van der Waals surface area contributed by atoms with Crippen LogP contribution in [0.15, 0.2) is 0 Å². The highest BCUT2D eigenvalue weighted by Gasteiger charge is 2.10. The van der Waals surface area contributed by atoms with Crippen LogP contribution in [-0.2, 0) is 4.74 Å². The van der Waals surface area contributed by atoms with Gasteiger partial charge in [0.25, 0.3) is 0 Å². The Kier molecular flexibility index (Phi) is 10.7. The fraction of sp³-hybridized carbons (Fsp3) is 0.833. The summed E-state index contributed by atoms with van der Waals surface area (Å²) in [4.78, 5) is 11.3. The van der Waals surface area contributed by atoms with Crippen molar-refractivity contribution in [2.24, 2.45) is 5.92 Å². The molecule has 1 aliphatic carbocycles. The van der Waals surface area contributed by atoms with Gasteiger partial charge in [0.1, 0.15) is 6.61 Å². The Morgan fingerprint density at radius 3 is 2.43 bits per heavy atom. The molecule has 1 N–H and O–H groups in total. The zero-order valence-electron chi connectivity index (χ0n) is 13.4. The minimum atomic E-state index is -0.340. The first-order chi connectivity index (χ1) is 10.3. The number of hydrogen-bond acceptors (Lipinski definition) is 2. The molecule has 1 fully saturated rings. The van der Waals surface area contributed by atoms with Crippen LogP contribution >= 0.6 is 0 Å². The Labute approximate surface area is 130 Å². The number of carbonyl (C=O) groups is 1. The number of unbranched alkanes of at least 4 members (excludes halogenated alkanes) is 1. The maximum absolute atomic E-state index is 11.3. The normalized spacial score (nSPS) is 17.1. The molecule has 0 aliphatic heterocycles.